The molecule has 0 saturated heterocycles. The summed E-state index contributed by atoms with van der Waals surface area (Å²) in [6.07, 6.45) is 0. The highest BCUT2D eigenvalue weighted by Crippen LogP contribution is 2.26. The Morgan fingerprint density at radius 3 is 2.58 bits per heavy atom. The van der Waals surface area contributed by atoms with Gasteiger partial charge in [0.1, 0.15) is 5.01 Å². The van der Waals surface area contributed by atoms with E-state index in [0.717, 1.165) is 27.0 Å². The number of aromatic nitrogens is 4. The molecule has 0 aliphatic heterocycles. The summed E-state index contributed by atoms with van der Waals surface area (Å²) in [5.74, 6) is 0.533. The van der Waals surface area contributed by atoms with Crippen LogP contribution in [0.25, 0.3) is 15.5 Å². The Labute approximate surface area is 148 Å². The molecule has 124 valence electrons. The summed E-state index contributed by atoms with van der Waals surface area (Å²) in [5, 5.41) is 19.3. The van der Waals surface area contributed by atoms with Crippen LogP contribution in [0.2, 0.25) is 0 Å². The number of aryl methyl sites for hydroxylation is 1. The number of nitrogens with zero attached hydrogens (tertiary/aromatic N) is 4. The van der Waals surface area contributed by atoms with Gasteiger partial charge in [-0.1, -0.05) is 25.2 Å². The number of carbonyl (C=O) groups excluding carboxylic acids is 1. The van der Waals surface area contributed by atoms with Crippen LogP contribution in [0.15, 0.2) is 24.3 Å². The van der Waals surface area contributed by atoms with Crippen LogP contribution in [-0.4, -0.2) is 30.8 Å². The Balaban J connectivity index is 1.71. The monoisotopic (exact) mass is 360 g/mol. The SMILES string of the molecule is Cc1nnc2sc(-c3ccc(NC(=S)NC(=O)C(C)C)cc3)nn12. The van der Waals surface area contributed by atoms with E-state index in [-0.39, 0.29) is 16.9 Å². The van der Waals surface area contributed by atoms with Gasteiger partial charge in [0.05, 0.1) is 0 Å². The van der Waals surface area contributed by atoms with Crippen LogP contribution in [0.5, 0.6) is 0 Å². The van der Waals surface area contributed by atoms with E-state index < -0.39 is 0 Å². The smallest absolute Gasteiger partial charge is 0.234 e. The van der Waals surface area contributed by atoms with Gasteiger partial charge in [-0.25, -0.2) is 0 Å². The van der Waals surface area contributed by atoms with E-state index in [1.165, 1.54) is 11.3 Å². The third-order valence-corrected chi connectivity index (χ3v) is 4.45. The minimum absolute atomic E-state index is 0.112. The number of carbonyl (C=O) groups is 1. The van der Waals surface area contributed by atoms with Crippen molar-refractivity contribution in [2.45, 2.75) is 20.8 Å². The molecule has 9 heteroatoms. The molecule has 0 bridgehead atoms. The van der Waals surface area contributed by atoms with Crippen molar-refractivity contribution < 1.29 is 4.79 Å². The maximum atomic E-state index is 11.6. The van der Waals surface area contributed by atoms with Crippen molar-refractivity contribution in [1.29, 1.82) is 0 Å². The van der Waals surface area contributed by atoms with Crippen molar-refractivity contribution in [2.24, 2.45) is 5.92 Å². The van der Waals surface area contributed by atoms with Gasteiger partial charge in [0.2, 0.25) is 10.9 Å². The van der Waals surface area contributed by atoms with Crippen LogP contribution in [-0.2, 0) is 4.79 Å². The van der Waals surface area contributed by atoms with Crippen molar-refractivity contribution in [3.05, 3.63) is 30.1 Å². The predicted octanol–water partition coefficient (Wildman–Crippen LogP) is 2.63. The molecule has 3 aromatic rings. The average Bonchev–Trinajstić information content (AvgIpc) is 3.10. The van der Waals surface area contributed by atoms with Crippen molar-refractivity contribution in [1.82, 2.24) is 25.1 Å². The molecule has 2 N–H and O–H groups in total. The second kappa shape index (κ2) is 6.62. The molecule has 1 amide bonds. The highest BCUT2D eigenvalue weighted by molar-refractivity contribution is 7.80. The molecule has 0 unspecified atom stereocenters. The van der Waals surface area contributed by atoms with Crippen molar-refractivity contribution in [3.63, 3.8) is 0 Å². The van der Waals surface area contributed by atoms with E-state index in [2.05, 4.69) is 25.9 Å². The molecule has 3 rings (SSSR count). The van der Waals surface area contributed by atoms with Gasteiger partial charge in [-0.15, -0.1) is 10.2 Å². The number of hydrogen-bond acceptors (Lipinski definition) is 6. The topological polar surface area (TPSA) is 84.2 Å². The largest absolute Gasteiger partial charge is 0.332 e. The molecule has 0 aliphatic carbocycles. The van der Waals surface area contributed by atoms with Gasteiger partial charge in [-0.05, 0) is 43.4 Å². The quantitative estimate of drug-likeness (QED) is 0.699. The van der Waals surface area contributed by atoms with Gasteiger partial charge in [0, 0.05) is 17.2 Å². The van der Waals surface area contributed by atoms with Gasteiger partial charge in [-0.3, -0.25) is 4.79 Å². The van der Waals surface area contributed by atoms with E-state index in [0.29, 0.717) is 0 Å². The zero-order valence-electron chi connectivity index (χ0n) is 13.4. The molecule has 2 heterocycles. The zero-order valence-corrected chi connectivity index (χ0v) is 15.0. The summed E-state index contributed by atoms with van der Waals surface area (Å²) >= 11 is 6.61. The fraction of sp³-hybridized carbons (Fsp3) is 0.267. The molecule has 0 spiro atoms. The molecule has 0 saturated carbocycles. The number of anilines is 1. The molecule has 24 heavy (non-hydrogen) atoms. The first-order chi connectivity index (χ1) is 11.4. The number of fused-ring (bicyclic) bond motifs is 1. The second-order valence-electron chi connectivity index (χ2n) is 5.52. The molecule has 1 aromatic carbocycles. The number of nitrogens with one attached hydrogen (secondary N) is 2. The molecular formula is C15H16N6OS2. The second-order valence-corrected chi connectivity index (χ2v) is 6.89. The number of thiocarbonyl (C=S) groups is 1. The third-order valence-electron chi connectivity index (χ3n) is 3.30. The van der Waals surface area contributed by atoms with Crippen molar-refractivity contribution >= 4 is 45.2 Å². The van der Waals surface area contributed by atoms with Gasteiger partial charge in [-0.2, -0.15) is 9.61 Å². The first-order valence-electron chi connectivity index (χ1n) is 7.35. The minimum atomic E-state index is -0.117. The number of amides is 1. The van der Waals surface area contributed by atoms with Gasteiger partial charge >= 0.3 is 0 Å². The van der Waals surface area contributed by atoms with Crippen molar-refractivity contribution in [3.8, 4) is 10.6 Å². The van der Waals surface area contributed by atoms with Crippen LogP contribution in [0.4, 0.5) is 5.69 Å². The molecule has 7 nitrogen and oxygen atoms in total. The molecular weight excluding hydrogens is 344 g/mol. The van der Waals surface area contributed by atoms with Crippen molar-refractivity contribution in [2.75, 3.05) is 5.32 Å². The van der Waals surface area contributed by atoms with E-state index >= 15 is 0 Å². The lowest BCUT2D eigenvalue weighted by atomic mass is 10.2. The zero-order chi connectivity index (χ0) is 17.3. The van der Waals surface area contributed by atoms with E-state index in [4.69, 9.17) is 12.2 Å². The highest BCUT2D eigenvalue weighted by atomic mass is 32.1. The normalized spacial score (nSPS) is 11.0. The Bertz CT molecular complexity index is 896. The maximum absolute atomic E-state index is 11.6. The summed E-state index contributed by atoms with van der Waals surface area (Å²) in [5.41, 5.74) is 1.78. The maximum Gasteiger partial charge on any atom is 0.234 e. The van der Waals surface area contributed by atoms with Gasteiger partial charge in [0.25, 0.3) is 0 Å². The lowest BCUT2D eigenvalue weighted by molar-refractivity contribution is -0.122. The van der Waals surface area contributed by atoms with Crippen LogP contribution in [0.1, 0.15) is 19.7 Å². The first-order valence-corrected chi connectivity index (χ1v) is 8.57. The van der Waals surface area contributed by atoms with Crippen LogP contribution in [0.3, 0.4) is 0 Å². The average molecular weight is 360 g/mol. The minimum Gasteiger partial charge on any atom is -0.332 e. The molecule has 0 atom stereocenters. The van der Waals surface area contributed by atoms with Gasteiger partial charge in [0.15, 0.2) is 10.9 Å². The third kappa shape index (κ3) is 3.41. The van der Waals surface area contributed by atoms with Crippen LogP contribution >= 0.6 is 23.6 Å². The van der Waals surface area contributed by atoms with Crippen LogP contribution in [0, 0.1) is 12.8 Å². The Kier molecular flexibility index (Phi) is 4.54. The van der Waals surface area contributed by atoms with E-state index in [9.17, 15) is 4.79 Å². The number of rotatable bonds is 3. The fourth-order valence-electron chi connectivity index (χ4n) is 1.95. The molecule has 0 fully saturated rings. The van der Waals surface area contributed by atoms with Gasteiger partial charge < -0.3 is 10.6 Å². The summed E-state index contributed by atoms with van der Waals surface area (Å²) in [6.45, 7) is 5.49. The summed E-state index contributed by atoms with van der Waals surface area (Å²) in [4.78, 5) is 12.4. The first kappa shape index (κ1) is 16.5. The Hall–Kier alpha value is -2.39. The van der Waals surface area contributed by atoms with E-state index in [1.54, 1.807) is 4.52 Å². The number of benzene rings is 1. The standard InChI is InChI=1S/C15H16N6OS2/c1-8(2)12(22)17-14(23)16-11-6-4-10(5-7-11)13-20-21-9(3)18-19-15(21)24-13/h4-8H,1-3H3,(H2,16,17,22,23). The lowest BCUT2D eigenvalue weighted by Gasteiger charge is -2.11. The number of hydrogen-bond donors (Lipinski definition) is 2. The summed E-state index contributed by atoms with van der Waals surface area (Å²) in [6, 6.07) is 7.66. The molecule has 2 aromatic heterocycles. The van der Waals surface area contributed by atoms with Crippen LogP contribution < -0.4 is 10.6 Å². The molecule has 0 radical (unpaired) electrons. The Morgan fingerprint density at radius 1 is 1.25 bits per heavy atom. The fourth-order valence-corrected chi connectivity index (χ4v) is 3.05. The highest BCUT2D eigenvalue weighted by Gasteiger charge is 2.11. The summed E-state index contributed by atoms with van der Waals surface area (Å²) < 4.78 is 1.72. The predicted molar refractivity (Wildman–Crippen MR) is 98.0 cm³/mol. The van der Waals surface area contributed by atoms with E-state index in [1.807, 2.05) is 45.0 Å². The lowest BCUT2D eigenvalue weighted by Crippen LogP contribution is -2.36. The summed E-state index contributed by atoms with van der Waals surface area (Å²) in [7, 11) is 0. The Morgan fingerprint density at radius 2 is 1.96 bits per heavy atom. The molecule has 0 aliphatic rings.